The molecule has 1 saturated heterocycles. The average Bonchev–Trinajstić information content (AvgIpc) is 2.59. The number of hydrogen-bond acceptors (Lipinski definition) is 6. The maximum atomic E-state index is 11.9. The molecule has 1 aliphatic rings. The number of carbonyl (C=O) groups is 1. The van der Waals surface area contributed by atoms with E-state index in [-0.39, 0.29) is 12.5 Å². The molecule has 1 fully saturated rings. The fourth-order valence-corrected chi connectivity index (χ4v) is 2.62. The van der Waals surface area contributed by atoms with Crippen LogP contribution in [0.2, 0.25) is 0 Å². The molecular weight excluding hydrogens is 314 g/mol. The number of ether oxygens (including phenoxy) is 2. The van der Waals surface area contributed by atoms with Crippen LogP contribution in [0.5, 0.6) is 0 Å². The van der Waals surface area contributed by atoms with Gasteiger partial charge in [0.15, 0.2) is 6.29 Å². The summed E-state index contributed by atoms with van der Waals surface area (Å²) in [6.07, 6.45) is -3.58. The maximum absolute atomic E-state index is 11.9. The monoisotopic (exact) mass is 339 g/mol. The van der Waals surface area contributed by atoms with Gasteiger partial charge in [-0.3, -0.25) is 4.79 Å². The number of nitrogens with one attached hydrogen (secondary N) is 1. The largest absolute Gasteiger partial charge is 0.394 e. The Morgan fingerprint density at radius 3 is 2.58 bits per heavy atom. The van der Waals surface area contributed by atoms with Crippen molar-refractivity contribution in [1.29, 1.82) is 0 Å². The van der Waals surface area contributed by atoms with Gasteiger partial charge < -0.3 is 30.1 Å². The highest BCUT2D eigenvalue weighted by Gasteiger charge is 2.45. The van der Waals surface area contributed by atoms with E-state index in [0.29, 0.717) is 12.8 Å². The summed E-state index contributed by atoms with van der Waals surface area (Å²) < 4.78 is 11.2. The molecule has 0 radical (unpaired) electrons. The first-order valence-electron chi connectivity index (χ1n) is 8.14. The van der Waals surface area contributed by atoms with E-state index in [0.717, 1.165) is 5.56 Å². The van der Waals surface area contributed by atoms with Crippen LogP contribution >= 0.6 is 0 Å². The maximum Gasteiger partial charge on any atom is 0.220 e. The van der Waals surface area contributed by atoms with E-state index in [1.807, 2.05) is 37.3 Å². The van der Waals surface area contributed by atoms with Crippen molar-refractivity contribution in [3.8, 4) is 0 Å². The fraction of sp³-hybridized carbons (Fsp3) is 0.588. The van der Waals surface area contributed by atoms with Crippen molar-refractivity contribution in [2.24, 2.45) is 0 Å². The van der Waals surface area contributed by atoms with Gasteiger partial charge in [-0.25, -0.2) is 0 Å². The minimum absolute atomic E-state index is 0.215. The van der Waals surface area contributed by atoms with E-state index < -0.39 is 37.3 Å². The minimum atomic E-state index is -1.31. The highest BCUT2D eigenvalue weighted by molar-refractivity contribution is 5.76. The van der Waals surface area contributed by atoms with Crippen molar-refractivity contribution in [1.82, 2.24) is 5.32 Å². The normalized spacial score (nSPS) is 30.1. The van der Waals surface area contributed by atoms with Crippen LogP contribution in [0.15, 0.2) is 30.3 Å². The predicted molar refractivity (Wildman–Crippen MR) is 85.8 cm³/mol. The zero-order valence-corrected chi connectivity index (χ0v) is 13.7. The second-order valence-electron chi connectivity index (χ2n) is 5.85. The van der Waals surface area contributed by atoms with E-state index in [4.69, 9.17) is 9.47 Å². The van der Waals surface area contributed by atoms with Crippen molar-refractivity contribution in [3.63, 3.8) is 0 Å². The second kappa shape index (κ2) is 9.10. The number of carbonyl (C=O) groups excluding carboxylic acids is 1. The number of hydrogen-bond donors (Lipinski definition) is 4. The minimum Gasteiger partial charge on any atom is -0.394 e. The van der Waals surface area contributed by atoms with E-state index in [9.17, 15) is 20.1 Å². The molecule has 0 saturated carbocycles. The molecule has 0 unspecified atom stereocenters. The van der Waals surface area contributed by atoms with Crippen LogP contribution in [0.25, 0.3) is 0 Å². The summed E-state index contributed by atoms with van der Waals surface area (Å²) in [5.74, 6) is -0.256. The van der Waals surface area contributed by atoms with Crippen LogP contribution in [0.4, 0.5) is 0 Å². The standard InChI is InChI=1S/C17H25NO6/c1-2-6-13(20)18-14-16(22)15(21)12(9-19)24-17(14)23-10-11-7-4-3-5-8-11/h3-5,7-8,12,14-17,19,21-22H,2,6,9-10H2,1H3,(H,18,20)/t12-,14-,15+,16-,17+/m1/s1. The molecule has 7 nitrogen and oxygen atoms in total. The molecule has 1 heterocycles. The van der Waals surface area contributed by atoms with Gasteiger partial charge in [0.25, 0.3) is 0 Å². The molecule has 0 bridgehead atoms. The number of aliphatic hydroxyl groups excluding tert-OH is 3. The van der Waals surface area contributed by atoms with Crippen LogP contribution in [0.3, 0.4) is 0 Å². The fourth-order valence-electron chi connectivity index (χ4n) is 2.62. The van der Waals surface area contributed by atoms with Gasteiger partial charge >= 0.3 is 0 Å². The number of benzene rings is 1. The molecule has 1 aromatic carbocycles. The third-order valence-corrected chi connectivity index (χ3v) is 3.94. The Kier molecular flexibility index (Phi) is 7.14. The lowest BCUT2D eigenvalue weighted by molar-refractivity contribution is -0.273. The highest BCUT2D eigenvalue weighted by Crippen LogP contribution is 2.23. The molecule has 0 aliphatic carbocycles. The van der Waals surface area contributed by atoms with Crippen molar-refractivity contribution < 1.29 is 29.6 Å². The van der Waals surface area contributed by atoms with Crippen LogP contribution in [-0.4, -0.2) is 58.5 Å². The zero-order valence-electron chi connectivity index (χ0n) is 13.7. The zero-order chi connectivity index (χ0) is 17.5. The van der Waals surface area contributed by atoms with Crippen LogP contribution in [-0.2, 0) is 20.9 Å². The lowest BCUT2D eigenvalue weighted by Gasteiger charge is -2.42. The first kappa shape index (κ1) is 18.8. The molecule has 24 heavy (non-hydrogen) atoms. The smallest absolute Gasteiger partial charge is 0.220 e. The Balaban J connectivity index is 2.07. The van der Waals surface area contributed by atoms with Gasteiger partial charge in [0.1, 0.15) is 24.4 Å². The topological polar surface area (TPSA) is 108 Å². The van der Waals surface area contributed by atoms with Gasteiger partial charge in [0, 0.05) is 6.42 Å². The summed E-state index contributed by atoms with van der Waals surface area (Å²) in [4.78, 5) is 11.9. The molecular formula is C17H25NO6. The van der Waals surface area contributed by atoms with E-state index >= 15 is 0 Å². The molecule has 0 spiro atoms. The first-order chi connectivity index (χ1) is 11.6. The van der Waals surface area contributed by atoms with Crippen molar-refractivity contribution >= 4 is 5.91 Å². The van der Waals surface area contributed by atoms with E-state index in [2.05, 4.69) is 5.32 Å². The Morgan fingerprint density at radius 1 is 1.25 bits per heavy atom. The Bertz CT molecular complexity index is 511. The van der Waals surface area contributed by atoms with Crippen molar-refractivity contribution in [2.45, 2.75) is 57.0 Å². The number of rotatable bonds is 7. The predicted octanol–water partition coefficient (Wildman–Crippen LogP) is -0.0729. The molecule has 1 amide bonds. The molecule has 134 valence electrons. The number of amides is 1. The lowest BCUT2D eigenvalue weighted by atomic mass is 9.96. The molecule has 7 heteroatoms. The quantitative estimate of drug-likeness (QED) is 0.554. The van der Waals surface area contributed by atoms with Gasteiger partial charge in [0.05, 0.1) is 13.2 Å². The van der Waals surface area contributed by atoms with Gasteiger partial charge in [-0.2, -0.15) is 0 Å². The Labute approximate surface area is 141 Å². The molecule has 4 N–H and O–H groups in total. The Hall–Kier alpha value is -1.51. The second-order valence-corrected chi connectivity index (χ2v) is 5.85. The summed E-state index contributed by atoms with van der Waals surface area (Å²) in [6, 6.07) is 8.47. The summed E-state index contributed by atoms with van der Waals surface area (Å²) in [5.41, 5.74) is 0.904. The van der Waals surface area contributed by atoms with Gasteiger partial charge in [-0.05, 0) is 12.0 Å². The number of aliphatic hydroxyl groups is 3. The van der Waals surface area contributed by atoms with Crippen LogP contribution in [0.1, 0.15) is 25.3 Å². The molecule has 2 rings (SSSR count). The van der Waals surface area contributed by atoms with Crippen LogP contribution in [0, 0.1) is 0 Å². The molecule has 1 aromatic rings. The summed E-state index contributed by atoms with van der Waals surface area (Å²) in [7, 11) is 0. The van der Waals surface area contributed by atoms with Gasteiger partial charge in [-0.1, -0.05) is 37.3 Å². The summed E-state index contributed by atoms with van der Waals surface area (Å²) in [6.45, 7) is 1.62. The van der Waals surface area contributed by atoms with Crippen LogP contribution < -0.4 is 5.32 Å². The highest BCUT2D eigenvalue weighted by atomic mass is 16.7. The summed E-state index contributed by atoms with van der Waals surface area (Å²) in [5, 5.41) is 32.2. The molecule has 0 aromatic heterocycles. The van der Waals surface area contributed by atoms with E-state index in [1.54, 1.807) is 0 Å². The summed E-state index contributed by atoms with van der Waals surface area (Å²) >= 11 is 0. The average molecular weight is 339 g/mol. The lowest BCUT2D eigenvalue weighted by Crippen LogP contribution is -2.64. The third-order valence-electron chi connectivity index (χ3n) is 3.94. The van der Waals surface area contributed by atoms with Gasteiger partial charge in [-0.15, -0.1) is 0 Å². The third kappa shape index (κ3) is 4.75. The molecule has 5 atom stereocenters. The van der Waals surface area contributed by atoms with Crippen molar-refractivity contribution in [2.75, 3.05) is 6.61 Å². The van der Waals surface area contributed by atoms with Crippen molar-refractivity contribution in [3.05, 3.63) is 35.9 Å². The van der Waals surface area contributed by atoms with E-state index in [1.165, 1.54) is 0 Å². The Morgan fingerprint density at radius 2 is 1.96 bits per heavy atom. The molecule has 1 aliphatic heterocycles. The SMILES string of the molecule is CCCC(=O)N[C@H]1[C@@H](OCc2ccccc2)O[C@H](CO)[C@H](O)[C@@H]1O. The van der Waals surface area contributed by atoms with Gasteiger partial charge in [0.2, 0.25) is 5.91 Å². The first-order valence-corrected chi connectivity index (χ1v) is 8.14.